The molecule has 0 spiro atoms. The Morgan fingerprint density at radius 1 is 0.848 bits per heavy atom. The van der Waals surface area contributed by atoms with Gasteiger partial charge in [-0.15, -0.1) is 0 Å². The average molecular weight is 666 g/mol. The van der Waals surface area contributed by atoms with Gasteiger partial charge in [0.15, 0.2) is 0 Å². The van der Waals surface area contributed by atoms with E-state index in [0.29, 0.717) is 0 Å². The van der Waals surface area contributed by atoms with Crippen LogP contribution in [0.2, 0.25) is 0 Å². The molecular formula is C25H21Br3N3PS. The first kappa shape index (κ1) is 23.5. The summed E-state index contributed by atoms with van der Waals surface area (Å²) in [6.07, 6.45) is -0.472. The molecule has 0 saturated heterocycles. The number of allylic oxidation sites excluding steroid dienone is 2. The summed E-state index contributed by atoms with van der Waals surface area (Å²) < 4.78 is 5.22. The first-order chi connectivity index (χ1) is 15.6. The van der Waals surface area contributed by atoms with Crippen molar-refractivity contribution in [1.29, 1.82) is 0 Å². The molecule has 33 heavy (non-hydrogen) atoms. The second kappa shape index (κ2) is 8.46. The highest BCUT2D eigenvalue weighted by Crippen LogP contribution is 2.65. The van der Waals surface area contributed by atoms with Crippen molar-refractivity contribution in [3.8, 4) is 0 Å². The van der Waals surface area contributed by atoms with Crippen LogP contribution in [0.4, 0.5) is 11.4 Å². The van der Waals surface area contributed by atoms with Gasteiger partial charge in [-0.2, -0.15) is 5.10 Å². The van der Waals surface area contributed by atoms with Crippen LogP contribution in [-0.2, 0) is 17.2 Å². The Labute approximate surface area is 225 Å². The number of hydrazone groups is 1. The van der Waals surface area contributed by atoms with Crippen molar-refractivity contribution >= 4 is 88.7 Å². The molecule has 0 N–H and O–H groups in total. The van der Waals surface area contributed by atoms with Crippen LogP contribution in [0.5, 0.6) is 0 Å². The number of anilines is 2. The maximum absolute atomic E-state index is 6.65. The molecule has 0 amide bonds. The number of halogens is 3. The van der Waals surface area contributed by atoms with Gasteiger partial charge in [0, 0.05) is 42.6 Å². The van der Waals surface area contributed by atoms with Crippen LogP contribution in [0.15, 0.2) is 96.3 Å². The highest BCUT2D eigenvalue weighted by molar-refractivity contribution is 9.11. The van der Waals surface area contributed by atoms with E-state index < -0.39 is 6.19 Å². The lowest BCUT2D eigenvalue weighted by molar-refractivity contribution is 0.639. The fourth-order valence-electron chi connectivity index (χ4n) is 4.72. The Morgan fingerprint density at radius 3 is 2.06 bits per heavy atom. The summed E-state index contributed by atoms with van der Waals surface area (Å²) in [5, 5.41) is 7.17. The van der Waals surface area contributed by atoms with Gasteiger partial charge in [0.25, 0.3) is 0 Å². The minimum Gasteiger partial charge on any atom is -0.346 e. The van der Waals surface area contributed by atoms with Crippen LogP contribution in [0.3, 0.4) is 0 Å². The van der Waals surface area contributed by atoms with Gasteiger partial charge in [-0.05, 0) is 60.2 Å². The van der Waals surface area contributed by atoms with E-state index in [2.05, 4.69) is 133 Å². The van der Waals surface area contributed by atoms with Crippen LogP contribution in [0.1, 0.15) is 19.4 Å². The van der Waals surface area contributed by atoms with E-state index in [-0.39, 0.29) is 5.41 Å². The van der Waals surface area contributed by atoms with Gasteiger partial charge < -0.3 is 4.90 Å². The van der Waals surface area contributed by atoms with E-state index in [1.165, 1.54) is 16.9 Å². The Hall–Kier alpha value is -1.24. The molecule has 0 bridgehead atoms. The molecule has 0 aromatic heterocycles. The molecule has 3 aromatic rings. The molecule has 0 fully saturated rings. The molecule has 5 rings (SSSR count). The number of fused-ring (bicyclic) bond motifs is 1. The van der Waals surface area contributed by atoms with Gasteiger partial charge in [0.2, 0.25) is 0 Å². The third-order valence-electron chi connectivity index (χ3n) is 6.28. The number of rotatable bonds is 2. The standard InChI is InChI=1S/C25H21Br3N3PS/c1-25(2)21-14-18(28)8-13-22(21)30(3)24(25)23-15-29-31(19-9-4-16(26)5-10-19)32(23,33)20-11-6-17(27)7-12-20/h4-15H,1-3H3/b24-23+. The molecule has 3 aromatic carbocycles. The number of nitrogens with zero attached hydrogens (tertiary/aromatic N) is 3. The van der Waals surface area contributed by atoms with Gasteiger partial charge in [-0.25, -0.2) is 4.78 Å². The molecule has 8 heteroatoms. The summed E-state index contributed by atoms with van der Waals surface area (Å²) in [7, 11) is 2.14. The third-order valence-corrected chi connectivity index (χ3v) is 12.4. The van der Waals surface area contributed by atoms with E-state index in [0.717, 1.165) is 29.7 Å². The summed E-state index contributed by atoms with van der Waals surface area (Å²) >= 11 is 17.4. The van der Waals surface area contributed by atoms with E-state index >= 15 is 0 Å². The minimum atomic E-state index is -2.47. The van der Waals surface area contributed by atoms with Crippen molar-refractivity contribution in [2.75, 3.05) is 16.7 Å². The summed E-state index contributed by atoms with van der Waals surface area (Å²) in [5.41, 5.74) is 4.48. The first-order valence-corrected chi connectivity index (χ1v) is 15.5. The smallest absolute Gasteiger partial charge is 0.118 e. The van der Waals surface area contributed by atoms with Crippen molar-refractivity contribution in [2.45, 2.75) is 19.3 Å². The molecule has 1 unspecified atom stereocenters. The molecule has 3 nitrogen and oxygen atoms in total. The van der Waals surface area contributed by atoms with Gasteiger partial charge in [0.05, 0.1) is 17.2 Å². The zero-order chi connectivity index (χ0) is 23.5. The van der Waals surface area contributed by atoms with Crippen LogP contribution >= 0.6 is 54.0 Å². The molecule has 0 aliphatic carbocycles. The Kier molecular flexibility index (Phi) is 6.02. The normalized spacial score (nSPS) is 23.3. The van der Waals surface area contributed by atoms with Crippen molar-refractivity contribution in [3.63, 3.8) is 0 Å². The highest BCUT2D eigenvalue weighted by Gasteiger charge is 2.46. The zero-order valence-electron chi connectivity index (χ0n) is 18.3. The zero-order valence-corrected chi connectivity index (χ0v) is 24.7. The molecule has 2 heterocycles. The SMILES string of the molecule is CN1/C(=C2\C=NN(c3ccc(Br)cc3)P2(=S)c2ccc(Br)cc2)C(C)(C)c2cc(Br)ccc21. The maximum Gasteiger partial charge on any atom is 0.118 e. The molecule has 0 radical (unpaired) electrons. The lowest BCUT2D eigenvalue weighted by Crippen LogP contribution is -2.27. The van der Waals surface area contributed by atoms with Gasteiger partial charge >= 0.3 is 0 Å². The quantitative estimate of drug-likeness (QED) is 0.258. The van der Waals surface area contributed by atoms with E-state index in [9.17, 15) is 0 Å². The Bertz CT molecular complexity index is 1360. The van der Waals surface area contributed by atoms with Crippen molar-refractivity contribution in [3.05, 3.63) is 96.7 Å². The maximum atomic E-state index is 6.65. The molecule has 2 aliphatic rings. The van der Waals surface area contributed by atoms with Gasteiger partial charge in [0.1, 0.15) is 6.19 Å². The van der Waals surface area contributed by atoms with Crippen LogP contribution in [0, 0.1) is 0 Å². The number of benzene rings is 3. The van der Waals surface area contributed by atoms with Crippen molar-refractivity contribution in [1.82, 2.24) is 0 Å². The predicted molar refractivity (Wildman–Crippen MR) is 156 cm³/mol. The lowest BCUT2D eigenvalue weighted by atomic mass is 9.84. The summed E-state index contributed by atoms with van der Waals surface area (Å²) in [4.78, 5) is 2.30. The van der Waals surface area contributed by atoms with Gasteiger partial charge in [-0.3, -0.25) is 0 Å². The summed E-state index contributed by atoms with van der Waals surface area (Å²) in [5.74, 6) is 0. The second-order valence-electron chi connectivity index (χ2n) is 8.64. The number of hydrogen-bond donors (Lipinski definition) is 0. The fourth-order valence-corrected chi connectivity index (χ4v) is 9.62. The summed E-state index contributed by atoms with van der Waals surface area (Å²) in [6.45, 7) is 4.56. The average Bonchev–Trinajstić information content (AvgIpc) is 3.21. The van der Waals surface area contributed by atoms with E-state index in [1.807, 2.05) is 18.3 Å². The Morgan fingerprint density at radius 2 is 1.42 bits per heavy atom. The summed E-state index contributed by atoms with van der Waals surface area (Å²) in [6, 6.07) is 23.1. The second-order valence-corrected chi connectivity index (χ2v) is 15.5. The highest BCUT2D eigenvalue weighted by atomic mass is 79.9. The molecule has 1 atom stereocenters. The predicted octanol–water partition coefficient (Wildman–Crippen LogP) is 8.14. The third kappa shape index (κ3) is 3.71. The Balaban J connectivity index is 1.77. The first-order valence-electron chi connectivity index (χ1n) is 10.4. The van der Waals surface area contributed by atoms with Crippen molar-refractivity contribution < 1.29 is 0 Å². The van der Waals surface area contributed by atoms with Gasteiger partial charge in [-0.1, -0.05) is 85.6 Å². The monoisotopic (exact) mass is 663 g/mol. The number of likely N-dealkylation sites (N-methyl/N-ethyl adjacent to an activating group) is 1. The van der Waals surface area contributed by atoms with E-state index in [4.69, 9.17) is 16.9 Å². The molecule has 168 valence electrons. The van der Waals surface area contributed by atoms with E-state index in [1.54, 1.807) is 0 Å². The van der Waals surface area contributed by atoms with Crippen LogP contribution in [0.25, 0.3) is 0 Å². The largest absolute Gasteiger partial charge is 0.346 e. The van der Waals surface area contributed by atoms with Crippen LogP contribution < -0.4 is 15.0 Å². The molecular weight excluding hydrogens is 645 g/mol. The fraction of sp³-hybridized carbons (Fsp3) is 0.160. The van der Waals surface area contributed by atoms with Crippen molar-refractivity contribution in [2.24, 2.45) is 5.10 Å². The minimum absolute atomic E-state index is 0.218. The number of hydrogen-bond acceptors (Lipinski definition) is 3. The molecule has 2 aliphatic heterocycles. The molecule has 0 saturated carbocycles. The lowest BCUT2D eigenvalue weighted by Gasteiger charge is -2.33. The topological polar surface area (TPSA) is 18.8 Å². The van der Waals surface area contributed by atoms with Crippen LogP contribution in [-0.4, -0.2) is 13.3 Å².